The quantitative estimate of drug-likeness (QED) is 0.0688. The van der Waals surface area contributed by atoms with Crippen molar-refractivity contribution in [2.75, 3.05) is 56.9 Å². The molecule has 0 saturated heterocycles. The Kier molecular flexibility index (Phi) is 16.2. The van der Waals surface area contributed by atoms with Crippen molar-refractivity contribution in [3.05, 3.63) is 166 Å². The third-order valence-electron chi connectivity index (χ3n) is 11.1. The summed E-state index contributed by atoms with van der Waals surface area (Å²) in [7, 11) is 12.9. The Bertz CT molecular complexity index is 3010. The number of methoxy groups -OCH3 is 8. The van der Waals surface area contributed by atoms with Gasteiger partial charge in [0.1, 0.15) is 20.4 Å². The van der Waals surface area contributed by atoms with Gasteiger partial charge in [-0.25, -0.2) is 0 Å². The molecule has 68 heavy (non-hydrogen) atoms. The fourth-order valence-corrected chi connectivity index (χ4v) is 10.7. The summed E-state index contributed by atoms with van der Waals surface area (Å²) < 4.78 is 50.0. The van der Waals surface area contributed by atoms with Gasteiger partial charge in [0, 0.05) is 11.3 Å². The number of aromatic nitrogens is 1. The molecule has 0 fully saturated rings. The summed E-state index contributed by atoms with van der Waals surface area (Å²) in [5, 5.41) is 0. The normalized spacial score (nSPS) is 14.7. The zero-order chi connectivity index (χ0) is 49.0. The van der Waals surface area contributed by atoms with Crippen LogP contribution in [0.4, 0.5) is 0 Å². The van der Waals surface area contributed by atoms with Crippen molar-refractivity contribution in [2.45, 2.75) is 0 Å². The van der Waals surface area contributed by atoms with Gasteiger partial charge in [0.25, 0.3) is 0 Å². The number of allylic oxidation sites excluding steroid dienone is 6. The number of ether oxygens (including phenoxy) is 8. The van der Waals surface area contributed by atoms with E-state index in [1.165, 1.54) is 0 Å². The van der Waals surface area contributed by atoms with Crippen LogP contribution in [0, 0.1) is 0 Å². The topological polar surface area (TPSA) is 140 Å². The first-order valence-corrected chi connectivity index (χ1v) is 25.1. The zero-order valence-electron chi connectivity index (χ0n) is 38.3. The molecular formula is C51H44Br4N4O8Zn. The van der Waals surface area contributed by atoms with Crippen LogP contribution in [0.15, 0.2) is 143 Å². The SMILES string of the molecule is C=C/C(N)=C(C1=N/C(=C(/c2cc(OC)c(Br)c(OC)c2)c2ccc(/C(=C3/C=CC([C](=[Zn])c4cc(OC)c(Br)c(OC)c4)=N3)c3cc(OC)c(Br)c(OC)c3)[nH]2)C=C1)\c1cc(OC)c(Br)c(OC)c1. The second kappa shape index (κ2) is 21.9. The van der Waals surface area contributed by atoms with Crippen molar-refractivity contribution in [2.24, 2.45) is 15.7 Å². The van der Waals surface area contributed by atoms with Gasteiger partial charge in [-0.3, -0.25) is 0 Å². The van der Waals surface area contributed by atoms with Crippen LogP contribution in [0.25, 0.3) is 16.7 Å². The summed E-state index contributed by atoms with van der Waals surface area (Å²) in [6, 6.07) is 19.5. The summed E-state index contributed by atoms with van der Waals surface area (Å²) in [4.78, 5) is 14.3. The first-order chi connectivity index (χ1) is 32.8. The number of aromatic amines is 1. The molecule has 346 valence electrons. The smallest absolute Gasteiger partial charge is 0.495 e. The van der Waals surface area contributed by atoms with Crippen LogP contribution in [0.2, 0.25) is 0 Å². The molecule has 0 spiro atoms. The van der Waals surface area contributed by atoms with Gasteiger partial charge in [-0.15, -0.1) is 0 Å². The van der Waals surface area contributed by atoms with Crippen LogP contribution in [0.3, 0.4) is 0 Å². The number of nitrogens with one attached hydrogen (secondary N) is 1. The van der Waals surface area contributed by atoms with Crippen LogP contribution in [0.1, 0.15) is 33.6 Å². The van der Waals surface area contributed by atoms with E-state index in [1.807, 2.05) is 85.0 Å². The van der Waals surface area contributed by atoms with Crippen LogP contribution < -0.4 is 43.6 Å². The van der Waals surface area contributed by atoms with E-state index >= 15 is 0 Å². The molecule has 5 aromatic rings. The predicted molar refractivity (Wildman–Crippen MR) is 280 cm³/mol. The molecule has 0 bridgehead atoms. The molecule has 3 N–H and O–H groups in total. The third kappa shape index (κ3) is 9.86. The van der Waals surface area contributed by atoms with E-state index in [0.717, 1.165) is 71.4 Å². The molecule has 7 rings (SSSR count). The van der Waals surface area contributed by atoms with E-state index in [4.69, 9.17) is 53.6 Å². The van der Waals surface area contributed by atoms with Crippen LogP contribution in [-0.4, -0.2) is 77.4 Å². The molecular weight excluding hydrogens is 1180 g/mol. The summed E-state index contributed by atoms with van der Waals surface area (Å²) >= 11 is 15.3. The average molecular weight is 1230 g/mol. The molecule has 1 aromatic heterocycles. The number of nitrogens with two attached hydrogens (primary N) is 1. The Balaban J connectivity index is 1.47. The fourth-order valence-electron chi connectivity index (χ4n) is 7.68. The molecule has 0 aliphatic carbocycles. The van der Waals surface area contributed by atoms with Crippen LogP contribution in [0.5, 0.6) is 46.0 Å². The van der Waals surface area contributed by atoms with E-state index in [9.17, 15) is 0 Å². The monoisotopic (exact) mass is 1220 g/mol. The number of nitrogens with zero attached hydrogens (tertiary/aromatic N) is 2. The third-order valence-corrected chi connectivity index (χ3v) is 15.8. The Hall–Kier alpha value is -5.45. The number of hydrogen-bond donors (Lipinski definition) is 2. The summed E-state index contributed by atoms with van der Waals surface area (Å²) in [6.45, 7) is 4.00. The van der Waals surface area contributed by atoms with E-state index < -0.39 is 0 Å². The number of halogens is 4. The maximum atomic E-state index is 6.72. The van der Waals surface area contributed by atoms with Gasteiger partial charge in [-0.05, 0) is 55.6 Å². The Morgan fingerprint density at radius 3 is 1.15 bits per heavy atom. The standard InChI is InChI=1S/C51H44Br4N4O8.Zn/c1-10-31(56)45(27-20-39(62-4)49(53)40(21-27)63-5)32-13-14-35(58-32)47(29-24-43(66-8)51(55)44(25-29)67-9)36-16-15-34(59-36)46(28-22-41(64-6)50(54)42(23-28)65-7)33-12-11-30(57-33)17-26-18-37(60-2)48(52)38(19-26)61-3;/h10-16,18-25,59H,1,56H2,2-9H3;/b45-31-,46-33-,47-35-;. The van der Waals surface area contributed by atoms with E-state index in [0.29, 0.717) is 93.4 Å². The van der Waals surface area contributed by atoms with Crippen molar-refractivity contribution in [1.82, 2.24) is 4.98 Å². The molecule has 12 nitrogen and oxygen atoms in total. The molecule has 0 radical (unpaired) electrons. The van der Waals surface area contributed by atoms with E-state index in [2.05, 4.69) is 75.3 Å². The summed E-state index contributed by atoms with van der Waals surface area (Å²) in [5.74, 6) is 4.71. The summed E-state index contributed by atoms with van der Waals surface area (Å²) in [5.41, 5.74) is 16.7. The molecule has 0 amide bonds. The Labute approximate surface area is 438 Å². The van der Waals surface area contributed by atoms with Crippen LogP contribution in [-0.2, 0) is 17.9 Å². The second-order valence-electron chi connectivity index (χ2n) is 14.8. The first-order valence-electron chi connectivity index (χ1n) is 20.5. The maximum absolute atomic E-state index is 6.72. The van der Waals surface area contributed by atoms with Crippen molar-refractivity contribution < 1.29 is 55.7 Å². The molecule has 0 atom stereocenters. The van der Waals surface area contributed by atoms with Gasteiger partial charge < -0.3 is 24.7 Å². The van der Waals surface area contributed by atoms with Crippen molar-refractivity contribution in [3.8, 4) is 46.0 Å². The fraction of sp³-hybridized carbons (Fsp3) is 0.157. The minimum atomic E-state index is 0.409. The molecule has 2 aliphatic heterocycles. The van der Waals surface area contributed by atoms with Crippen molar-refractivity contribution in [3.63, 3.8) is 0 Å². The van der Waals surface area contributed by atoms with Gasteiger partial charge >= 0.3 is 294 Å². The molecule has 0 saturated carbocycles. The van der Waals surface area contributed by atoms with Crippen molar-refractivity contribution >= 4 is 96.0 Å². The molecule has 17 heteroatoms. The Morgan fingerprint density at radius 2 is 0.809 bits per heavy atom. The number of rotatable bonds is 17. The second-order valence-corrected chi connectivity index (χ2v) is 19.4. The molecule has 4 aromatic carbocycles. The minimum absolute atomic E-state index is 0.409. The van der Waals surface area contributed by atoms with Gasteiger partial charge in [0.15, 0.2) is 0 Å². The van der Waals surface area contributed by atoms with Gasteiger partial charge in [0.2, 0.25) is 0 Å². The van der Waals surface area contributed by atoms with E-state index in [-0.39, 0.29) is 0 Å². The molecule has 0 unspecified atom stereocenters. The van der Waals surface area contributed by atoms with Gasteiger partial charge in [-0.2, -0.15) is 0 Å². The Morgan fingerprint density at radius 1 is 0.500 bits per heavy atom. The van der Waals surface area contributed by atoms with Crippen molar-refractivity contribution in [1.29, 1.82) is 0 Å². The van der Waals surface area contributed by atoms with Crippen LogP contribution >= 0.6 is 63.7 Å². The minimum Gasteiger partial charge on any atom is -0.495 e. The van der Waals surface area contributed by atoms with Gasteiger partial charge in [-0.1, -0.05) is 6.58 Å². The number of aliphatic imine (C=N–C) groups is 2. The van der Waals surface area contributed by atoms with E-state index in [1.54, 1.807) is 63.0 Å². The number of hydrogen-bond acceptors (Lipinski definition) is 11. The predicted octanol–water partition coefficient (Wildman–Crippen LogP) is 12.0. The molecule has 2 aliphatic rings. The first kappa shape index (κ1) is 50.4. The number of H-pyrrole nitrogens is 1. The zero-order valence-corrected chi connectivity index (χ0v) is 47.6. The van der Waals surface area contributed by atoms with Gasteiger partial charge in [0.05, 0.1) is 28.4 Å². The average Bonchev–Trinajstić information content (AvgIpc) is 4.16. The number of benzene rings is 4. The molecule has 3 heterocycles. The summed E-state index contributed by atoms with van der Waals surface area (Å²) in [6.07, 6.45) is 9.50.